The Bertz CT molecular complexity index is 198. The highest BCUT2D eigenvalue weighted by atomic mass is 16.4. The quantitative estimate of drug-likeness (QED) is 0.508. The lowest BCUT2D eigenvalue weighted by Gasteiger charge is -2.11. The van der Waals surface area contributed by atoms with Gasteiger partial charge in [-0.3, -0.25) is 4.79 Å². The predicted molar refractivity (Wildman–Crippen MR) is 37.2 cm³/mol. The highest BCUT2D eigenvalue weighted by molar-refractivity contribution is 5.92. The van der Waals surface area contributed by atoms with Gasteiger partial charge in [-0.05, 0) is 12.8 Å². The minimum absolute atomic E-state index is 0.250. The zero-order valence-electron chi connectivity index (χ0n) is 6.18. The fourth-order valence-electron chi connectivity index (χ4n) is 0.978. The van der Waals surface area contributed by atoms with E-state index in [2.05, 4.69) is 10.6 Å². The van der Waals surface area contributed by atoms with Gasteiger partial charge in [-0.2, -0.15) is 0 Å². The van der Waals surface area contributed by atoms with Gasteiger partial charge in [-0.15, -0.1) is 0 Å². The minimum atomic E-state index is -1.15. The van der Waals surface area contributed by atoms with Crippen molar-refractivity contribution in [2.75, 3.05) is 7.05 Å². The maximum atomic E-state index is 11.0. The maximum absolute atomic E-state index is 11.0. The van der Waals surface area contributed by atoms with Crippen molar-refractivity contribution in [3.63, 3.8) is 0 Å². The smallest absolute Gasteiger partial charge is 0.405 e. The van der Waals surface area contributed by atoms with E-state index in [0.29, 0.717) is 12.8 Å². The molecule has 0 heterocycles. The van der Waals surface area contributed by atoms with Gasteiger partial charge in [0.25, 0.3) is 0 Å². The fraction of sp³-hybridized carbons (Fsp3) is 0.667. The third kappa shape index (κ3) is 1.42. The van der Waals surface area contributed by atoms with E-state index < -0.39 is 11.6 Å². The molecule has 0 saturated heterocycles. The molecule has 0 atom stereocenters. The maximum Gasteiger partial charge on any atom is 0.405 e. The summed E-state index contributed by atoms with van der Waals surface area (Å²) in [4.78, 5) is 21.2. The standard InChI is InChI=1S/C6H10N2O3/c1-7-4(9)6(2-3-6)8-5(10)11/h8H,2-3H2,1H3,(H,7,9)(H,10,11). The Kier molecular flexibility index (Phi) is 1.72. The molecule has 1 fully saturated rings. The first kappa shape index (κ1) is 7.84. The molecule has 2 amide bonds. The van der Waals surface area contributed by atoms with Gasteiger partial charge in [0.2, 0.25) is 5.91 Å². The van der Waals surface area contributed by atoms with Crippen LogP contribution in [0.15, 0.2) is 0 Å². The summed E-state index contributed by atoms with van der Waals surface area (Å²) >= 11 is 0. The molecule has 0 aromatic heterocycles. The minimum Gasteiger partial charge on any atom is -0.465 e. The van der Waals surface area contributed by atoms with E-state index in [9.17, 15) is 9.59 Å². The molecule has 5 heteroatoms. The van der Waals surface area contributed by atoms with Crippen LogP contribution in [0.3, 0.4) is 0 Å². The van der Waals surface area contributed by atoms with Crippen LogP contribution in [0, 0.1) is 0 Å². The molecular formula is C6H10N2O3. The number of likely N-dealkylation sites (N-methyl/N-ethyl adjacent to an activating group) is 1. The average molecular weight is 158 g/mol. The SMILES string of the molecule is CNC(=O)C1(NC(=O)O)CC1. The molecule has 0 aliphatic heterocycles. The number of carboxylic acid groups (broad SMARTS) is 1. The Hall–Kier alpha value is -1.26. The van der Waals surface area contributed by atoms with E-state index in [4.69, 9.17) is 5.11 Å². The Balaban J connectivity index is 2.53. The first-order valence-electron chi connectivity index (χ1n) is 3.34. The summed E-state index contributed by atoms with van der Waals surface area (Å²) in [6.07, 6.45) is 0.0453. The number of amides is 2. The van der Waals surface area contributed by atoms with Gasteiger partial charge in [0.15, 0.2) is 0 Å². The molecule has 0 radical (unpaired) electrons. The largest absolute Gasteiger partial charge is 0.465 e. The van der Waals surface area contributed by atoms with Crippen LogP contribution in [-0.2, 0) is 4.79 Å². The van der Waals surface area contributed by atoms with E-state index in [0.717, 1.165) is 0 Å². The lowest BCUT2D eigenvalue weighted by atomic mass is 10.2. The van der Waals surface area contributed by atoms with Crippen molar-refractivity contribution in [2.24, 2.45) is 0 Å². The van der Waals surface area contributed by atoms with E-state index in [1.165, 1.54) is 7.05 Å². The van der Waals surface area contributed by atoms with E-state index in [1.54, 1.807) is 0 Å². The monoisotopic (exact) mass is 158 g/mol. The van der Waals surface area contributed by atoms with E-state index >= 15 is 0 Å². The number of hydrogen-bond donors (Lipinski definition) is 3. The van der Waals surface area contributed by atoms with Crippen molar-refractivity contribution in [1.29, 1.82) is 0 Å². The molecule has 0 spiro atoms. The molecule has 0 aromatic carbocycles. The molecule has 0 unspecified atom stereocenters. The lowest BCUT2D eigenvalue weighted by molar-refractivity contribution is -0.123. The van der Waals surface area contributed by atoms with E-state index in [-0.39, 0.29) is 5.91 Å². The van der Waals surface area contributed by atoms with Gasteiger partial charge < -0.3 is 15.7 Å². The van der Waals surface area contributed by atoms with Gasteiger partial charge in [0.1, 0.15) is 5.54 Å². The van der Waals surface area contributed by atoms with Crippen molar-refractivity contribution in [1.82, 2.24) is 10.6 Å². The second-order valence-corrected chi connectivity index (χ2v) is 2.59. The molecule has 1 rings (SSSR count). The molecule has 1 saturated carbocycles. The highest BCUT2D eigenvalue weighted by Gasteiger charge is 2.50. The van der Waals surface area contributed by atoms with E-state index in [1.807, 2.05) is 0 Å². The average Bonchev–Trinajstić information content (AvgIpc) is 2.67. The van der Waals surface area contributed by atoms with Gasteiger partial charge in [0.05, 0.1) is 0 Å². The van der Waals surface area contributed by atoms with Gasteiger partial charge in [-0.25, -0.2) is 4.79 Å². The number of rotatable bonds is 2. The molecule has 0 bridgehead atoms. The Morgan fingerprint density at radius 3 is 2.27 bits per heavy atom. The molecule has 1 aliphatic carbocycles. The van der Waals surface area contributed by atoms with Crippen LogP contribution >= 0.6 is 0 Å². The molecular weight excluding hydrogens is 148 g/mol. The molecule has 5 nitrogen and oxygen atoms in total. The summed E-state index contributed by atoms with van der Waals surface area (Å²) in [6, 6.07) is 0. The summed E-state index contributed by atoms with van der Waals surface area (Å²) in [6.45, 7) is 0. The summed E-state index contributed by atoms with van der Waals surface area (Å²) in [5.74, 6) is -0.250. The molecule has 3 N–H and O–H groups in total. The Labute approximate surface area is 63.8 Å². The van der Waals surface area contributed by atoms with Crippen molar-refractivity contribution >= 4 is 12.0 Å². The summed E-state index contributed by atoms with van der Waals surface area (Å²) < 4.78 is 0. The van der Waals surface area contributed by atoms with Crippen molar-refractivity contribution in [2.45, 2.75) is 18.4 Å². The molecule has 62 valence electrons. The highest BCUT2D eigenvalue weighted by Crippen LogP contribution is 2.35. The summed E-state index contributed by atoms with van der Waals surface area (Å²) in [5.41, 5.74) is -0.819. The third-order valence-corrected chi connectivity index (χ3v) is 1.76. The van der Waals surface area contributed by atoms with Crippen LogP contribution in [0.4, 0.5) is 4.79 Å². The van der Waals surface area contributed by atoms with Gasteiger partial charge in [-0.1, -0.05) is 0 Å². The number of hydrogen-bond acceptors (Lipinski definition) is 2. The lowest BCUT2D eigenvalue weighted by Crippen LogP contribution is -2.47. The van der Waals surface area contributed by atoms with Crippen LogP contribution in [0.1, 0.15) is 12.8 Å². The zero-order chi connectivity index (χ0) is 8.48. The second-order valence-electron chi connectivity index (χ2n) is 2.59. The van der Waals surface area contributed by atoms with Crippen LogP contribution < -0.4 is 10.6 Å². The fourth-order valence-corrected chi connectivity index (χ4v) is 0.978. The second kappa shape index (κ2) is 2.41. The number of carbonyl (C=O) groups is 2. The van der Waals surface area contributed by atoms with Crippen LogP contribution in [-0.4, -0.2) is 29.7 Å². The van der Waals surface area contributed by atoms with Crippen molar-refractivity contribution < 1.29 is 14.7 Å². The normalized spacial score (nSPS) is 18.6. The van der Waals surface area contributed by atoms with Gasteiger partial charge in [0, 0.05) is 7.05 Å². The van der Waals surface area contributed by atoms with Crippen molar-refractivity contribution in [3.05, 3.63) is 0 Å². The van der Waals surface area contributed by atoms with Crippen LogP contribution in [0.5, 0.6) is 0 Å². The van der Waals surface area contributed by atoms with Crippen molar-refractivity contribution in [3.8, 4) is 0 Å². The topological polar surface area (TPSA) is 78.4 Å². The molecule has 11 heavy (non-hydrogen) atoms. The van der Waals surface area contributed by atoms with Crippen LogP contribution in [0.2, 0.25) is 0 Å². The first-order chi connectivity index (χ1) is 5.10. The molecule has 0 aromatic rings. The summed E-state index contributed by atoms with van der Waals surface area (Å²) in [7, 11) is 1.49. The predicted octanol–water partition coefficient (Wildman–Crippen LogP) is -0.467. The Morgan fingerprint density at radius 2 is 2.00 bits per heavy atom. The van der Waals surface area contributed by atoms with Crippen LogP contribution in [0.25, 0.3) is 0 Å². The third-order valence-electron chi connectivity index (χ3n) is 1.76. The number of carbonyl (C=O) groups excluding carboxylic acids is 1. The molecule has 1 aliphatic rings. The first-order valence-corrected chi connectivity index (χ1v) is 3.34. The zero-order valence-corrected chi connectivity index (χ0v) is 6.18. The summed E-state index contributed by atoms with van der Waals surface area (Å²) in [5, 5.41) is 12.9. The number of nitrogens with one attached hydrogen (secondary N) is 2. The Morgan fingerprint density at radius 1 is 1.45 bits per heavy atom. The van der Waals surface area contributed by atoms with Gasteiger partial charge >= 0.3 is 6.09 Å².